The lowest BCUT2D eigenvalue weighted by atomic mass is 10.2. The molecule has 7 heteroatoms. The largest absolute Gasteiger partial charge is 0.480 e. The van der Waals surface area contributed by atoms with Crippen molar-refractivity contribution in [1.82, 2.24) is 4.98 Å². The van der Waals surface area contributed by atoms with Crippen molar-refractivity contribution >= 4 is 11.9 Å². The summed E-state index contributed by atoms with van der Waals surface area (Å²) in [5.74, 6) is -1.25. The molecule has 24 heavy (non-hydrogen) atoms. The zero-order valence-electron chi connectivity index (χ0n) is 13.6. The quantitative estimate of drug-likeness (QED) is 0.751. The molecule has 1 heterocycles. The van der Waals surface area contributed by atoms with E-state index in [-0.39, 0.29) is 29.5 Å². The molecule has 0 spiro atoms. The van der Waals surface area contributed by atoms with Gasteiger partial charge in [-0.15, -0.1) is 0 Å². The summed E-state index contributed by atoms with van der Waals surface area (Å²) in [6.07, 6.45) is 1.21. The van der Waals surface area contributed by atoms with E-state index in [2.05, 4.69) is 9.72 Å². The molecule has 2 aromatic rings. The maximum absolute atomic E-state index is 11.9. The monoisotopic (exact) mass is 331 g/mol. The minimum atomic E-state index is -0.703. The van der Waals surface area contributed by atoms with Crippen LogP contribution in [0.5, 0.6) is 17.4 Å². The Kier molecular flexibility index (Phi) is 5.73. The third kappa shape index (κ3) is 4.01. The Labute approximate surface area is 139 Å². The van der Waals surface area contributed by atoms with E-state index in [9.17, 15) is 9.59 Å². The van der Waals surface area contributed by atoms with E-state index in [0.717, 1.165) is 5.56 Å². The van der Waals surface area contributed by atoms with Crippen molar-refractivity contribution in [3.05, 3.63) is 47.7 Å². The van der Waals surface area contributed by atoms with Crippen LogP contribution >= 0.6 is 0 Å². The molecule has 0 fully saturated rings. The second-order valence-corrected chi connectivity index (χ2v) is 4.70. The van der Waals surface area contributed by atoms with Crippen molar-refractivity contribution in [3.63, 3.8) is 0 Å². The summed E-state index contributed by atoms with van der Waals surface area (Å²) in [6, 6.07) is 9.36. The highest BCUT2D eigenvalue weighted by atomic mass is 16.6. The molecule has 126 valence electrons. The van der Waals surface area contributed by atoms with Crippen LogP contribution in [0.1, 0.15) is 22.8 Å². The zero-order chi connectivity index (χ0) is 17.5. The Morgan fingerprint density at radius 1 is 1.08 bits per heavy atom. The number of pyridine rings is 1. The molecular weight excluding hydrogens is 314 g/mol. The standard InChI is InChI=1S/C17H17NO6/c1-11(19)24-14-13(17(20)22-3)9-18-16(21-2)15(14)23-10-12-7-5-4-6-8-12/h4-9H,10H2,1-3H3. The second-order valence-electron chi connectivity index (χ2n) is 4.70. The Morgan fingerprint density at radius 2 is 1.79 bits per heavy atom. The molecular formula is C17H17NO6. The van der Waals surface area contributed by atoms with Gasteiger partial charge in [0.2, 0.25) is 5.75 Å². The first kappa shape index (κ1) is 17.3. The normalized spacial score (nSPS) is 9.96. The van der Waals surface area contributed by atoms with Crippen LogP contribution in [0.4, 0.5) is 0 Å². The molecule has 0 bridgehead atoms. The number of rotatable bonds is 6. The van der Waals surface area contributed by atoms with Crippen LogP contribution < -0.4 is 14.2 Å². The summed E-state index contributed by atoms with van der Waals surface area (Å²) < 4.78 is 20.7. The van der Waals surface area contributed by atoms with E-state index in [0.29, 0.717) is 0 Å². The van der Waals surface area contributed by atoms with E-state index in [1.165, 1.54) is 27.3 Å². The maximum Gasteiger partial charge on any atom is 0.343 e. The Balaban J connectivity index is 2.44. The van der Waals surface area contributed by atoms with Gasteiger partial charge >= 0.3 is 11.9 Å². The van der Waals surface area contributed by atoms with Crippen molar-refractivity contribution in [2.45, 2.75) is 13.5 Å². The molecule has 0 aliphatic rings. The van der Waals surface area contributed by atoms with Gasteiger partial charge in [-0.05, 0) is 5.56 Å². The van der Waals surface area contributed by atoms with Crippen LogP contribution in [0, 0.1) is 0 Å². The highest BCUT2D eigenvalue weighted by Gasteiger charge is 2.25. The minimum absolute atomic E-state index is 0.0310. The smallest absolute Gasteiger partial charge is 0.343 e. The van der Waals surface area contributed by atoms with Crippen molar-refractivity contribution in [1.29, 1.82) is 0 Å². The van der Waals surface area contributed by atoms with Gasteiger partial charge in [0.15, 0.2) is 5.75 Å². The van der Waals surface area contributed by atoms with Crippen LogP contribution in [-0.4, -0.2) is 31.1 Å². The lowest BCUT2D eigenvalue weighted by Gasteiger charge is -2.16. The highest BCUT2D eigenvalue weighted by molar-refractivity contribution is 5.94. The topological polar surface area (TPSA) is 84.0 Å². The molecule has 0 N–H and O–H groups in total. The Hall–Kier alpha value is -3.09. The van der Waals surface area contributed by atoms with E-state index in [1.807, 2.05) is 30.3 Å². The fourth-order valence-electron chi connectivity index (χ4n) is 1.96. The Morgan fingerprint density at radius 3 is 2.38 bits per heavy atom. The third-order valence-electron chi connectivity index (χ3n) is 3.03. The van der Waals surface area contributed by atoms with Gasteiger partial charge in [-0.2, -0.15) is 0 Å². The molecule has 0 aliphatic carbocycles. The van der Waals surface area contributed by atoms with Gasteiger partial charge in [0.1, 0.15) is 12.2 Å². The summed E-state index contributed by atoms with van der Waals surface area (Å²) in [5, 5.41) is 0. The number of hydrogen-bond acceptors (Lipinski definition) is 7. The number of aromatic nitrogens is 1. The predicted octanol–water partition coefficient (Wildman–Crippen LogP) is 2.38. The van der Waals surface area contributed by atoms with Crippen molar-refractivity contribution in [2.75, 3.05) is 14.2 Å². The van der Waals surface area contributed by atoms with Gasteiger partial charge in [-0.1, -0.05) is 30.3 Å². The van der Waals surface area contributed by atoms with Crippen LogP contribution in [0.3, 0.4) is 0 Å². The van der Waals surface area contributed by atoms with Crippen LogP contribution in [0.15, 0.2) is 36.5 Å². The lowest BCUT2D eigenvalue weighted by Crippen LogP contribution is -2.12. The van der Waals surface area contributed by atoms with Crippen LogP contribution in [0.2, 0.25) is 0 Å². The molecule has 2 rings (SSSR count). The molecule has 0 aliphatic heterocycles. The molecule has 0 atom stereocenters. The first-order valence-electron chi connectivity index (χ1n) is 7.07. The third-order valence-corrected chi connectivity index (χ3v) is 3.03. The van der Waals surface area contributed by atoms with Gasteiger partial charge in [-0.25, -0.2) is 9.78 Å². The van der Waals surface area contributed by atoms with Crippen LogP contribution in [0.25, 0.3) is 0 Å². The van der Waals surface area contributed by atoms with E-state index in [1.54, 1.807) is 0 Å². The van der Waals surface area contributed by atoms with Crippen LogP contribution in [-0.2, 0) is 16.1 Å². The lowest BCUT2D eigenvalue weighted by molar-refractivity contribution is -0.132. The molecule has 0 radical (unpaired) electrons. The molecule has 0 unspecified atom stereocenters. The number of methoxy groups -OCH3 is 2. The van der Waals surface area contributed by atoms with E-state index >= 15 is 0 Å². The molecule has 1 aromatic carbocycles. The maximum atomic E-state index is 11.9. The molecule has 0 amide bonds. The molecule has 0 saturated carbocycles. The summed E-state index contributed by atoms with van der Waals surface area (Å²) in [7, 11) is 2.61. The van der Waals surface area contributed by atoms with Crippen molar-refractivity contribution < 1.29 is 28.5 Å². The van der Waals surface area contributed by atoms with Gasteiger partial charge in [0.05, 0.1) is 14.2 Å². The number of nitrogens with zero attached hydrogens (tertiary/aromatic N) is 1. The predicted molar refractivity (Wildman–Crippen MR) is 84.2 cm³/mol. The van der Waals surface area contributed by atoms with Gasteiger partial charge in [0, 0.05) is 13.1 Å². The average Bonchev–Trinajstić information content (AvgIpc) is 2.60. The van der Waals surface area contributed by atoms with Gasteiger partial charge < -0.3 is 18.9 Å². The SMILES string of the molecule is COC(=O)c1cnc(OC)c(OCc2ccccc2)c1OC(C)=O. The first-order chi connectivity index (χ1) is 11.6. The van der Waals surface area contributed by atoms with E-state index in [4.69, 9.17) is 14.2 Å². The summed E-state index contributed by atoms with van der Waals surface area (Å²) in [5.41, 5.74) is 0.855. The number of hydrogen-bond donors (Lipinski definition) is 0. The summed E-state index contributed by atoms with van der Waals surface area (Å²) in [6.45, 7) is 1.40. The van der Waals surface area contributed by atoms with Gasteiger partial charge in [-0.3, -0.25) is 4.79 Å². The number of ether oxygens (including phenoxy) is 4. The summed E-state index contributed by atoms with van der Waals surface area (Å²) >= 11 is 0. The average molecular weight is 331 g/mol. The Bertz CT molecular complexity index is 729. The molecule has 0 saturated heterocycles. The van der Waals surface area contributed by atoms with Crippen molar-refractivity contribution in [2.24, 2.45) is 0 Å². The fourth-order valence-corrected chi connectivity index (χ4v) is 1.96. The number of esters is 2. The first-order valence-corrected chi connectivity index (χ1v) is 7.07. The fraction of sp³-hybridized carbons (Fsp3) is 0.235. The number of benzene rings is 1. The summed E-state index contributed by atoms with van der Waals surface area (Å²) in [4.78, 5) is 27.3. The second kappa shape index (κ2) is 7.96. The minimum Gasteiger partial charge on any atom is -0.480 e. The number of carbonyl (C=O) groups excluding carboxylic acids is 2. The van der Waals surface area contributed by atoms with E-state index < -0.39 is 11.9 Å². The highest BCUT2D eigenvalue weighted by Crippen LogP contribution is 2.39. The molecule has 1 aromatic heterocycles. The molecule has 7 nitrogen and oxygen atoms in total. The number of carbonyl (C=O) groups is 2. The van der Waals surface area contributed by atoms with Crippen molar-refractivity contribution in [3.8, 4) is 17.4 Å². The van der Waals surface area contributed by atoms with Gasteiger partial charge in [0.25, 0.3) is 5.88 Å². The zero-order valence-corrected chi connectivity index (χ0v) is 13.6.